The van der Waals surface area contributed by atoms with Gasteiger partial charge in [0.2, 0.25) is 10.0 Å². The molecule has 0 radical (unpaired) electrons. The zero-order chi connectivity index (χ0) is 15.6. The first-order valence-electron chi connectivity index (χ1n) is 6.04. The fraction of sp³-hybridized carbons (Fsp3) is 0.143. The SMILES string of the molecule is CN(C)S(=O)(=O)c1ccc(-c2cnccc2C(=O)O)cc1. The molecule has 1 aromatic heterocycles. The van der Waals surface area contributed by atoms with Crippen LogP contribution in [0.1, 0.15) is 10.4 Å². The van der Waals surface area contributed by atoms with Gasteiger partial charge in [0.1, 0.15) is 0 Å². The van der Waals surface area contributed by atoms with Crippen molar-refractivity contribution >= 4 is 16.0 Å². The summed E-state index contributed by atoms with van der Waals surface area (Å²) in [7, 11) is -0.598. The third-order valence-electron chi connectivity index (χ3n) is 3.00. The number of sulfonamides is 1. The number of hydrogen-bond acceptors (Lipinski definition) is 4. The van der Waals surface area contributed by atoms with Crippen LogP contribution in [0.25, 0.3) is 11.1 Å². The number of hydrogen-bond donors (Lipinski definition) is 1. The van der Waals surface area contributed by atoms with Crippen molar-refractivity contribution in [1.82, 2.24) is 9.29 Å². The van der Waals surface area contributed by atoms with Crippen LogP contribution in [0.4, 0.5) is 0 Å². The molecule has 1 aromatic carbocycles. The second-order valence-corrected chi connectivity index (χ2v) is 6.69. The molecule has 0 amide bonds. The van der Waals surface area contributed by atoms with E-state index in [0.29, 0.717) is 11.1 Å². The van der Waals surface area contributed by atoms with Crippen LogP contribution >= 0.6 is 0 Å². The predicted octanol–water partition coefficient (Wildman–Crippen LogP) is 1.70. The summed E-state index contributed by atoms with van der Waals surface area (Å²) in [4.78, 5) is 15.2. The molecule has 0 aliphatic carbocycles. The third-order valence-corrected chi connectivity index (χ3v) is 4.82. The molecule has 2 rings (SSSR count). The normalized spacial score (nSPS) is 11.6. The highest BCUT2D eigenvalue weighted by atomic mass is 32.2. The molecule has 7 heteroatoms. The highest BCUT2D eigenvalue weighted by Gasteiger charge is 2.17. The van der Waals surface area contributed by atoms with Gasteiger partial charge in [0.15, 0.2) is 0 Å². The Hall–Kier alpha value is -2.25. The van der Waals surface area contributed by atoms with Crippen LogP contribution in [-0.2, 0) is 10.0 Å². The molecule has 1 heterocycles. The van der Waals surface area contributed by atoms with E-state index in [1.165, 1.54) is 44.7 Å². The number of carbonyl (C=O) groups is 1. The molecule has 0 aliphatic rings. The first-order valence-corrected chi connectivity index (χ1v) is 7.48. The van der Waals surface area contributed by atoms with Gasteiger partial charge in [-0.15, -0.1) is 0 Å². The number of carboxylic acids is 1. The van der Waals surface area contributed by atoms with E-state index in [1.54, 1.807) is 12.1 Å². The maximum atomic E-state index is 12.0. The van der Waals surface area contributed by atoms with E-state index in [1.807, 2.05) is 0 Å². The average molecular weight is 306 g/mol. The standard InChI is InChI=1S/C14H14N2O4S/c1-16(2)21(19,20)11-5-3-10(4-6-11)13-9-15-8-7-12(13)14(17)18/h3-9H,1-2H3,(H,17,18). The van der Waals surface area contributed by atoms with Crippen molar-refractivity contribution in [2.24, 2.45) is 0 Å². The zero-order valence-corrected chi connectivity index (χ0v) is 12.3. The van der Waals surface area contributed by atoms with E-state index in [2.05, 4.69) is 4.98 Å². The minimum atomic E-state index is -3.50. The summed E-state index contributed by atoms with van der Waals surface area (Å²) in [6.07, 6.45) is 2.84. The second-order valence-electron chi connectivity index (χ2n) is 4.54. The first kappa shape index (κ1) is 15.1. The molecule has 21 heavy (non-hydrogen) atoms. The van der Waals surface area contributed by atoms with E-state index >= 15 is 0 Å². The maximum absolute atomic E-state index is 12.0. The summed E-state index contributed by atoms with van der Waals surface area (Å²) in [6, 6.07) is 7.44. The molecule has 0 fully saturated rings. The van der Waals surface area contributed by atoms with Gasteiger partial charge in [-0.25, -0.2) is 17.5 Å². The van der Waals surface area contributed by atoms with Crippen LogP contribution in [0, 0.1) is 0 Å². The largest absolute Gasteiger partial charge is 0.478 e. The quantitative estimate of drug-likeness (QED) is 0.929. The molecule has 6 nitrogen and oxygen atoms in total. The Balaban J connectivity index is 2.48. The smallest absolute Gasteiger partial charge is 0.336 e. The van der Waals surface area contributed by atoms with Gasteiger partial charge in [-0.3, -0.25) is 4.98 Å². The number of carboxylic acid groups (broad SMARTS) is 1. The lowest BCUT2D eigenvalue weighted by atomic mass is 10.0. The van der Waals surface area contributed by atoms with Crippen molar-refractivity contribution in [3.63, 3.8) is 0 Å². The lowest BCUT2D eigenvalue weighted by Crippen LogP contribution is -2.22. The Morgan fingerprint density at radius 1 is 1.14 bits per heavy atom. The Morgan fingerprint density at radius 2 is 1.76 bits per heavy atom. The third kappa shape index (κ3) is 2.93. The lowest BCUT2D eigenvalue weighted by molar-refractivity contribution is 0.0697. The molecule has 0 saturated heterocycles. The summed E-state index contributed by atoms with van der Waals surface area (Å²) < 4.78 is 25.1. The first-order chi connectivity index (χ1) is 9.84. The van der Waals surface area contributed by atoms with Crippen LogP contribution in [0.2, 0.25) is 0 Å². The molecule has 0 saturated carbocycles. The van der Waals surface area contributed by atoms with Crippen LogP contribution < -0.4 is 0 Å². The molecule has 0 bridgehead atoms. The van der Waals surface area contributed by atoms with Gasteiger partial charge in [0.05, 0.1) is 10.5 Å². The fourth-order valence-corrected chi connectivity index (χ4v) is 2.73. The topological polar surface area (TPSA) is 87.6 Å². The minimum absolute atomic E-state index is 0.119. The summed E-state index contributed by atoms with van der Waals surface area (Å²) in [5, 5.41) is 9.15. The minimum Gasteiger partial charge on any atom is -0.478 e. The summed E-state index contributed by atoms with van der Waals surface area (Å²) in [5.74, 6) is -1.06. The van der Waals surface area contributed by atoms with Crippen molar-refractivity contribution < 1.29 is 18.3 Å². The van der Waals surface area contributed by atoms with Crippen molar-refractivity contribution in [1.29, 1.82) is 0 Å². The molecule has 0 unspecified atom stereocenters. The number of aromatic carboxylic acids is 1. The van der Waals surface area contributed by atoms with Crippen LogP contribution in [0.15, 0.2) is 47.6 Å². The fourth-order valence-electron chi connectivity index (χ4n) is 1.83. The maximum Gasteiger partial charge on any atom is 0.336 e. The van der Waals surface area contributed by atoms with Crippen LogP contribution in [0.5, 0.6) is 0 Å². The van der Waals surface area contributed by atoms with E-state index < -0.39 is 16.0 Å². The van der Waals surface area contributed by atoms with Gasteiger partial charge < -0.3 is 5.11 Å². The van der Waals surface area contributed by atoms with Gasteiger partial charge in [-0.2, -0.15) is 0 Å². The van der Waals surface area contributed by atoms with Gasteiger partial charge >= 0.3 is 5.97 Å². The van der Waals surface area contributed by atoms with Gasteiger partial charge in [0, 0.05) is 32.1 Å². The molecular weight excluding hydrogens is 292 g/mol. The Labute approximate surface area is 122 Å². The number of rotatable bonds is 4. The van der Waals surface area contributed by atoms with Crippen molar-refractivity contribution in [3.05, 3.63) is 48.3 Å². The lowest BCUT2D eigenvalue weighted by Gasteiger charge is -2.12. The molecule has 0 atom stereocenters. The average Bonchev–Trinajstić information content (AvgIpc) is 2.47. The zero-order valence-electron chi connectivity index (χ0n) is 11.5. The number of nitrogens with zero attached hydrogens (tertiary/aromatic N) is 2. The van der Waals surface area contributed by atoms with Crippen LogP contribution in [0.3, 0.4) is 0 Å². The molecule has 0 spiro atoms. The molecule has 2 aromatic rings. The summed E-state index contributed by atoms with van der Waals surface area (Å²) in [5.41, 5.74) is 1.16. The monoisotopic (exact) mass is 306 g/mol. The van der Waals surface area contributed by atoms with Gasteiger partial charge in [-0.1, -0.05) is 12.1 Å². The van der Waals surface area contributed by atoms with Gasteiger partial charge in [0.25, 0.3) is 0 Å². The van der Waals surface area contributed by atoms with Crippen molar-refractivity contribution in [2.75, 3.05) is 14.1 Å². The Bertz CT molecular complexity index is 768. The van der Waals surface area contributed by atoms with Crippen molar-refractivity contribution in [2.45, 2.75) is 4.90 Å². The van der Waals surface area contributed by atoms with E-state index in [9.17, 15) is 13.2 Å². The molecule has 0 aliphatic heterocycles. The van der Waals surface area contributed by atoms with E-state index in [0.717, 1.165) is 4.31 Å². The summed E-state index contributed by atoms with van der Waals surface area (Å²) >= 11 is 0. The number of benzene rings is 1. The highest BCUT2D eigenvalue weighted by molar-refractivity contribution is 7.89. The number of pyridine rings is 1. The highest BCUT2D eigenvalue weighted by Crippen LogP contribution is 2.24. The predicted molar refractivity (Wildman–Crippen MR) is 77.5 cm³/mol. The van der Waals surface area contributed by atoms with E-state index in [-0.39, 0.29) is 10.5 Å². The number of aromatic nitrogens is 1. The summed E-state index contributed by atoms with van der Waals surface area (Å²) in [6.45, 7) is 0. The molecule has 1 N–H and O–H groups in total. The second kappa shape index (κ2) is 5.63. The molecule has 110 valence electrons. The molecular formula is C14H14N2O4S. The Morgan fingerprint density at radius 3 is 2.29 bits per heavy atom. The Kier molecular flexibility index (Phi) is 4.06. The van der Waals surface area contributed by atoms with Gasteiger partial charge in [-0.05, 0) is 23.8 Å². The van der Waals surface area contributed by atoms with Crippen LogP contribution in [-0.4, -0.2) is 42.9 Å². The van der Waals surface area contributed by atoms with E-state index in [4.69, 9.17) is 5.11 Å². The van der Waals surface area contributed by atoms with Crippen molar-refractivity contribution in [3.8, 4) is 11.1 Å².